The van der Waals surface area contributed by atoms with Gasteiger partial charge >= 0.3 is 0 Å². The van der Waals surface area contributed by atoms with Crippen LogP contribution in [-0.4, -0.2) is 46.4 Å². The standard InChI is InChI=1S/C24H32N2O5S/c1-4-29-23-17(2)12-21(13-18(23)3)32(27,28)25-14-19-8-10-26(11-9-19)15-20-6-5-7-22-24(20)31-16-30-22/h5-7,12-13,19,25H,4,8-11,14-16H2,1-3H3. The van der Waals surface area contributed by atoms with E-state index in [2.05, 4.69) is 15.7 Å². The smallest absolute Gasteiger partial charge is 0.240 e. The first-order chi connectivity index (χ1) is 15.4. The average Bonchev–Trinajstić information content (AvgIpc) is 3.26. The van der Waals surface area contributed by atoms with E-state index in [9.17, 15) is 8.42 Å². The molecule has 2 heterocycles. The Hall–Kier alpha value is -2.29. The third kappa shape index (κ3) is 5.03. The van der Waals surface area contributed by atoms with Crippen LogP contribution < -0.4 is 18.9 Å². The molecular weight excluding hydrogens is 428 g/mol. The highest BCUT2D eigenvalue weighted by Gasteiger charge is 2.25. The van der Waals surface area contributed by atoms with Gasteiger partial charge in [-0.1, -0.05) is 12.1 Å². The second-order valence-corrected chi connectivity index (χ2v) is 10.3. The molecule has 2 aliphatic heterocycles. The lowest BCUT2D eigenvalue weighted by molar-refractivity contribution is 0.164. The number of benzene rings is 2. The number of aryl methyl sites for hydroxylation is 2. The van der Waals surface area contributed by atoms with E-state index in [1.54, 1.807) is 12.1 Å². The predicted octanol–water partition coefficient (Wildman–Crippen LogP) is 3.62. The maximum Gasteiger partial charge on any atom is 0.240 e. The van der Waals surface area contributed by atoms with Crippen molar-refractivity contribution in [3.63, 3.8) is 0 Å². The lowest BCUT2D eigenvalue weighted by atomic mass is 9.97. The molecular formula is C24H32N2O5S. The van der Waals surface area contributed by atoms with E-state index in [-0.39, 0.29) is 6.79 Å². The molecule has 0 aliphatic carbocycles. The zero-order valence-electron chi connectivity index (χ0n) is 19.0. The zero-order chi connectivity index (χ0) is 22.7. The van der Waals surface area contributed by atoms with Gasteiger partial charge in [0.1, 0.15) is 5.75 Å². The van der Waals surface area contributed by atoms with Crippen molar-refractivity contribution in [1.29, 1.82) is 0 Å². The Morgan fingerprint density at radius 3 is 2.53 bits per heavy atom. The van der Waals surface area contributed by atoms with Crippen LogP contribution in [-0.2, 0) is 16.6 Å². The van der Waals surface area contributed by atoms with Crippen LogP contribution in [0.3, 0.4) is 0 Å². The fourth-order valence-corrected chi connectivity index (χ4v) is 5.74. The summed E-state index contributed by atoms with van der Waals surface area (Å²) in [5.41, 5.74) is 2.81. The van der Waals surface area contributed by atoms with Crippen LogP contribution in [0.25, 0.3) is 0 Å². The molecule has 0 aromatic heterocycles. The van der Waals surface area contributed by atoms with Gasteiger partial charge in [0.05, 0.1) is 11.5 Å². The molecule has 0 amide bonds. The first-order valence-corrected chi connectivity index (χ1v) is 12.7. The molecule has 1 fully saturated rings. The summed E-state index contributed by atoms with van der Waals surface area (Å²) in [6.45, 7) is 9.65. The number of para-hydroxylation sites is 1. The van der Waals surface area contributed by atoms with E-state index < -0.39 is 10.0 Å². The molecule has 0 bridgehead atoms. The molecule has 2 aliphatic rings. The Kier molecular flexibility index (Phi) is 6.93. The predicted molar refractivity (Wildman–Crippen MR) is 123 cm³/mol. The number of nitrogens with one attached hydrogen (secondary N) is 1. The van der Waals surface area contributed by atoms with Crippen LogP contribution in [0.4, 0.5) is 0 Å². The maximum atomic E-state index is 12.9. The van der Waals surface area contributed by atoms with Crippen molar-refractivity contribution in [2.75, 3.05) is 33.0 Å². The molecule has 2 aromatic carbocycles. The number of ether oxygens (including phenoxy) is 3. The third-order valence-electron chi connectivity index (χ3n) is 6.17. The van der Waals surface area contributed by atoms with Crippen molar-refractivity contribution >= 4 is 10.0 Å². The van der Waals surface area contributed by atoms with Gasteiger partial charge in [-0.05, 0) is 81.9 Å². The van der Waals surface area contributed by atoms with Gasteiger partial charge in [0.15, 0.2) is 11.5 Å². The first kappa shape index (κ1) is 22.9. The number of fused-ring (bicyclic) bond motifs is 1. The summed E-state index contributed by atoms with van der Waals surface area (Å²) in [5.74, 6) is 2.75. The van der Waals surface area contributed by atoms with Crippen molar-refractivity contribution in [3.05, 3.63) is 47.0 Å². The minimum Gasteiger partial charge on any atom is -0.493 e. The third-order valence-corrected chi connectivity index (χ3v) is 7.58. The molecule has 174 valence electrons. The van der Waals surface area contributed by atoms with Gasteiger partial charge < -0.3 is 14.2 Å². The van der Waals surface area contributed by atoms with Gasteiger partial charge in [-0.25, -0.2) is 13.1 Å². The Labute approximate surface area is 190 Å². The van der Waals surface area contributed by atoms with E-state index in [4.69, 9.17) is 14.2 Å². The topological polar surface area (TPSA) is 77.1 Å². The Balaban J connectivity index is 1.31. The lowest BCUT2D eigenvalue weighted by Crippen LogP contribution is -2.38. The molecule has 0 atom stereocenters. The van der Waals surface area contributed by atoms with Crippen LogP contribution in [0.2, 0.25) is 0 Å². The average molecular weight is 461 g/mol. The highest BCUT2D eigenvalue weighted by Crippen LogP contribution is 2.36. The monoisotopic (exact) mass is 460 g/mol. The number of piperidine rings is 1. The second kappa shape index (κ2) is 9.68. The molecule has 0 spiro atoms. The quantitative estimate of drug-likeness (QED) is 0.648. The number of nitrogens with zero attached hydrogens (tertiary/aromatic N) is 1. The summed E-state index contributed by atoms with van der Waals surface area (Å²) in [7, 11) is -3.55. The van der Waals surface area contributed by atoms with Crippen molar-refractivity contribution in [3.8, 4) is 17.2 Å². The summed E-state index contributed by atoms with van der Waals surface area (Å²) in [6, 6.07) is 9.38. The molecule has 0 saturated carbocycles. The van der Waals surface area contributed by atoms with E-state index in [0.29, 0.717) is 24.0 Å². The molecule has 32 heavy (non-hydrogen) atoms. The fourth-order valence-electron chi connectivity index (χ4n) is 4.45. The number of hydrogen-bond donors (Lipinski definition) is 1. The van der Waals surface area contributed by atoms with E-state index in [1.807, 2.05) is 32.9 Å². The Morgan fingerprint density at radius 1 is 1.12 bits per heavy atom. The van der Waals surface area contributed by atoms with Gasteiger partial charge in [-0.2, -0.15) is 0 Å². The molecule has 1 saturated heterocycles. The van der Waals surface area contributed by atoms with E-state index in [1.165, 1.54) is 0 Å². The highest BCUT2D eigenvalue weighted by atomic mass is 32.2. The fraction of sp³-hybridized carbons (Fsp3) is 0.500. The van der Waals surface area contributed by atoms with Crippen LogP contribution in [0.1, 0.15) is 36.5 Å². The molecule has 2 aromatic rings. The van der Waals surface area contributed by atoms with Crippen molar-refractivity contribution < 1.29 is 22.6 Å². The summed E-state index contributed by atoms with van der Waals surface area (Å²) >= 11 is 0. The van der Waals surface area contributed by atoms with Crippen LogP contribution >= 0.6 is 0 Å². The van der Waals surface area contributed by atoms with E-state index >= 15 is 0 Å². The zero-order valence-corrected chi connectivity index (χ0v) is 19.8. The Morgan fingerprint density at radius 2 is 1.84 bits per heavy atom. The first-order valence-electron chi connectivity index (χ1n) is 11.2. The lowest BCUT2D eigenvalue weighted by Gasteiger charge is -2.32. The van der Waals surface area contributed by atoms with Gasteiger partial charge in [-0.15, -0.1) is 0 Å². The molecule has 7 nitrogen and oxygen atoms in total. The molecule has 8 heteroatoms. The number of sulfonamides is 1. The number of rotatable bonds is 8. The summed E-state index contributed by atoms with van der Waals surface area (Å²) < 4.78 is 45.3. The van der Waals surface area contributed by atoms with Crippen molar-refractivity contribution in [2.24, 2.45) is 5.92 Å². The Bertz CT molecular complexity index is 1040. The minimum atomic E-state index is -3.55. The normalized spacial score (nSPS) is 17.0. The molecule has 0 radical (unpaired) electrons. The molecule has 0 unspecified atom stereocenters. The van der Waals surface area contributed by atoms with Gasteiger partial charge in [0, 0.05) is 18.7 Å². The van der Waals surface area contributed by atoms with Crippen LogP contribution in [0.15, 0.2) is 35.2 Å². The van der Waals surface area contributed by atoms with Crippen LogP contribution in [0.5, 0.6) is 17.2 Å². The van der Waals surface area contributed by atoms with Gasteiger partial charge in [0.25, 0.3) is 0 Å². The molecule has 1 N–H and O–H groups in total. The van der Waals surface area contributed by atoms with E-state index in [0.717, 1.165) is 66.4 Å². The minimum absolute atomic E-state index is 0.280. The summed E-state index contributed by atoms with van der Waals surface area (Å²) in [4.78, 5) is 2.69. The van der Waals surface area contributed by atoms with Crippen molar-refractivity contribution in [2.45, 2.75) is 45.1 Å². The number of likely N-dealkylation sites (tertiary alicyclic amines) is 1. The van der Waals surface area contributed by atoms with Crippen LogP contribution in [0, 0.1) is 19.8 Å². The summed E-state index contributed by atoms with van der Waals surface area (Å²) in [5, 5.41) is 0. The van der Waals surface area contributed by atoms with Crippen molar-refractivity contribution in [1.82, 2.24) is 9.62 Å². The SMILES string of the molecule is CCOc1c(C)cc(S(=O)(=O)NCC2CCN(Cc3cccc4c3OCO4)CC2)cc1C. The van der Waals surface area contributed by atoms with Gasteiger partial charge in [0.2, 0.25) is 16.8 Å². The second-order valence-electron chi connectivity index (χ2n) is 8.54. The maximum absolute atomic E-state index is 12.9. The summed E-state index contributed by atoms with van der Waals surface area (Å²) in [6.07, 6.45) is 1.91. The largest absolute Gasteiger partial charge is 0.493 e. The number of hydrogen-bond acceptors (Lipinski definition) is 6. The molecule has 4 rings (SSSR count). The highest BCUT2D eigenvalue weighted by molar-refractivity contribution is 7.89. The van der Waals surface area contributed by atoms with Gasteiger partial charge in [-0.3, -0.25) is 4.90 Å².